The summed E-state index contributed by atoms with van der Waals surface area (Å²) in [5, 5.41) is 0. The first-order valence-electron chi connectivity index (χ1n) is 6.13. The molecule has 0 aliphatic heterocycles. The fraction of sp³-hybridized carbons (Fsp3) is 0.286. The number of nitrogens with zero attached hydrogens (tertiary/aromatic N) is 2. The van der Waals surface area contributed by atoms with Gasteiger partial charge in [-0.25, -0.2) is 4.98 Å². The first-order chi connectivity index (χ1) is 9.13. The summed E-state index contributed by atoms with van der Waals surface area (Å²) >= 11 is 3.37. The molecule has 0 aliphatic rings. The summed E-state index contributed by atoms with van der Waals surface area (Å²) in [5.74, 6) is 1.27. The molecule has 4 nitrogen and oxygen atoms in total. The minimum atomic E-state index is 0.378. The van der Waals surface area contributed by atoms with E-state index in [2.05, 4.69) is 25.9 Å². The average Bonchev–Trinajstić information content (AvgIpc) is 2.42. The van der Waals surface area contributed by atoms with Crippen LogP contribution < -0.4 is 10.5 Å². The van der Waals surface area contributed by atoms with Crippen LogP contribution >= 0.6 is 15.9 Å². The van der Waals surface area contributed by atoms with Gasteiger partial charge in [-0.05, 0) is 47.5 Å². The minimum absolute atomic E-state index is 0.378. The number of aryl methyl sites for hydroxylation is 2. The molecule has 0 radical (unpaired) electrons. The molecular formula is C14H16BrN3O. The molecule has 2 rings (SSSR count). The zero-order valence-electron chi connectivity index (χ0n) is 11.0. The summed E-state index contributed by atoms with van der Waals surface area (Å²) in [6.45, 7) is 4.39. The van der Waals surface area contributed by atoms with E-state index in [1.54, 1.807) is 6.20 Å². The molecular weight excluding hydrogens is 306 g/mol. The Morgan fingerprint density at radius 1 is 1.37 bits per heavy atom. The van der Waals surface area contributed by atoms with E-state index in [9.17, 15) is 0 Å². The van der Waals surface area contributed by atoms with Crippen LogP contribution in [0.15, 0.2) is 28.9 Å². The quantitative estimate of drug-likeness (QED) is 0.937. The van der Waals surface area contributed by atoms with Crippen LogP contribution in [0, 0.1) is 6.92 Å². The van der Waals surface area contributed by atoms with E-state index >= 15 is 0 Å². The first kappa shape index (κ1) is 14.0. The smallest absolute Gasteiger partial charge is 0.223 e. The van der Waals surface area contributed by atoms with E-state index in [1.807, 2.05) is 32.0 Å². The Morgan fingerprint density at radius 2 is 2.16 bits per heavy atom. The Bertz CT molecular complexity index is 535. The number of ether oxygens (including phenoxy) is 1. The molecule has 0 fully saturated rings. The van der Waals surface area contributed by atoms with Gasteiger partial charge in [0.05, 0.1) is 5.69 Å². The topological polar surface area (TPSA) is 61.0 Å². The third kappa shape index (κ3) is 3.30. The highest BCUT2D eigenvalue weighted by Gasteiger charge is 2.10. The molecule has 0 amide bonds. The van der Waals surface area contributed by atoms with Crippen molar-refractivity contribution in [3.63, 3.8) is 0 Å². The maximum absolute atomic E-state index is 5.86. The number of rotatable bonds is 4. The van der Waals surface area contributed by atoms with Gasteiger partial charge >= 0.3 is 0 Å². The van der Waals surface area contributed by atoms with Crippen molar-refractivity contribution in [3.05, 3.63) is 45.8 Å². The summed E-state index contributed by atoms with van der Waals surface area (Å²) in [5.41, 5.74) is 8.47. The Balaban J connectivity index is 2.36. The van der Waals surface area contributed by atoms with Gasteiger partial charge in [-0.3, -0.25) is 4.98 Å². The van der Waals surface area contributed by atoms with Gasteiger partial charge in [0.1, 0.15) is 0 Å². The predicted molar refractivity (Wildman–Crippen MR) is 78.3 cm³/mol. The largest absolute Gasteiger partial charge is 0.437 e. The Morgan fingerprint density at radius 3 is 2.84 bits per heavy atom. The van der Waals surface area contributed by atoms with Crippen LogP contribution in [0.4, 0.5) is 0 Å². The third-order valence-corrected chi connectivity index (χ3v) is 3.16. The van der Waals surface area contributed by atoms with Crippen LogP contribution in [0.2, 0.25) is 0 Å². The molecule has 2 heterocycles. The van der Waals surface area contributed by atoms with E-state index < -0.39 is 0 Å². The molecule has 0 unspecified atom stereocenters. The first-order valence-corrected chi connectivity index (χ1v) is 6.92. The van der Waals surface area contributed by atoms with Crippen LogP contribution in [0.3, 0.4) is 0 Å². The van der Waals surface area contributed by atoms with Gasteiger partial charge in [0.25, 0.3) is 0 Å². The lowest BCUT2D eigenvalue weighted by Crippen LogP contribution is -2.03. The van der Waals surface area contributed by atoms with Crippen LogP contribution in [-0.4, -0.2) is 9.97 Å². The van der Waals surface area contributed by atoms with Crippen molar-refractivity contribution in [1.29, 1.82) is 0 Å². The minimum Gasteiger partial charge on any atom is -0.437 e. The van der Waals surface area contributed by atoms with Crippen molar-refractivity contribution in [2.75, 3.05) is 0 Å². The third-order valence-electron chi connectivity index (χ3n) is 2.73. The number of halogens is 1. The molecule has 2 aromatic rings. The maximum atomic E-state index is 5.86. The average molecular weight is 322 g/mol. The van der Waals surface area contributed by atoms with Gasteiger partial charge in [0.15, 0.2) is 5.75 Å². The molecule has 0 bridgehead atoms. The molecule has 2 N–H and O–H groups in total. The van der Waals surface area contributed by atoms with E-state index in [0.29, 0.717) is 12.4 Å². The second-order valence-electron chi connectivity index (χ2n) is 4.18. The standard InChI is InChI=1S/C14H16BrN3O/c1-3-12-13(5-4-9(2)18-12)19-14-10(7-16)6-11(15)8-17-14/h4-6,8H,3,7,16H2,1-2H3. The number of pyridine rings is 2. The highest BCUT2D eigenvalue weighted by Crippen LogP contribution is 2.27. The highest BCUT2D eigenvalue weighted by atomic mass is 79.9. The molecule has 5 heteroatoms. The second-order valence-corrected chi connectivity index (χ2v) is 5.09. The van der Waals surface area contributed by atoms with Crippen LogP contribution in [0.5, 0.6) is 11.6 Å². The second kappa shape index (κ2) is 6.12. The summed E-state index contributed by atoms with van der Waals surface area (Å²) in [6.07, 6.45) is 2.51. The van der Waals surface area contributed by atoms with Gasteiger partial charge in [0.2, 0.25) is 5.88 Å². The molecule has 0 saturated carbocycles. The normalized spacial score (nSPS) is 10.5. The van der Waals surface area contributed by atoms with Crippen molar-refractivity contribution in [3.8, 4) is 11.6 Å². The summed E-state index contributed by atoms with van der Waals surface area (Å²) in [6, 6.07) is 5.76. The van der Waals surface area contributed by atoms with E-state index in [0.717, 1.165) is 33.6 Å². The number of nitrogens with two attached hydrogens (primary N) is 1. The molecule has 0 atom stereocenters. The van der Waals surface area contributed by atoms with Crippen LogP contribution in [0.25, 0.3) is 0 Å². The lowest BCUT2D eigenvalue weighted by molar-refractivity contribution is 0.447. The van der Waals surface area contributed by atoms with E-state index in [4.69, 9.17) is 10.5 Å². The molecule has 0 saturated heterocycles. The fourth-order valence-corrected chi connectivity index (χ4v) is 2.13. The number of aromatic nitrogens is 2. The van der Waals surface area contributed by atoms with Gasteiger partial charge < -0.3 is 10.5 Å². The van der Waals surface area contributed by atoms with Crippen molar-refractivity contribution < 1.29 is 4.74 Å². The Hall–Kier alpha value is -1.46. The highest BCUT2D eigenvalue weighted by molar-refractivity contribution is 9.10. The van der Waals surface area contributed by atoms with Crippen molar-refractivity contribution in [2.24, 2.45) is 5.73 Å². The zero-order chi connectivity index (χ0) is 13.8. The van der Waals surface area contributed by atoms with E-state index in [-0.39, 0.29) is 0 Å². The summed E-state index contributed by atoms with van der Waals surface area (Å²) in [4.78, 5) is 8.73. The molecule has 0 aliphatic carbocycles. The van der Waals surface area contributed by atoms with Crippen LogP contribution in [-0.2, 0) is 13.0 Å². The van der Waals surface area contributed by atoms with Crippen molar-refractivity contribution in [2.45, 2.75) is 26.8 Å². The number of hydrogen-bond acceptors (Lipinski definition) is 4. The Kier molecular flexibility index (Phi) is 4.50. The van der Waals surface area contributed by atoms with E-state index in [1.165, 1.54) is 0 Å². The Labute approximate surface area is 121 Å². The number of hydrogen-bond donors (Lipinski definition) is 1. The fourth-order valence-electron chi connectivity index (χ4n) is 1.75. The molecule has 19 heavy (non-hydrogen) atoms. The van der Waals surface area contributed by atoms with Crippen LogP contribution in [0.1, 0.15) is 23.9 Å². The lowest BCUT2D eigenvalue weighted by Gasteiger charge is -2.12. The SMILES string of the molecule is CCc1nc(C)ccc1Oc1ncc(Br)cc1CN. The molecule has 0 aromatic carbocycles. The monoisotopic (exact) mass is 321 g/mol. The lowest BCUT2D eigenvalue weighted by atomic mass is 10.2. The van der Waals surface area contributed by atoms with Gasteiger partial charge in [-0.15, -0.1) is 0 Å². The summed E-state index contributed by atoms with van der Waals surface area (Å²) in [7, 11) is 0. The molecule has 0 spiro atoms. The van der Waals surface area contributed by atoms with Gasteiger partial charge in [0, 0.05) is 28.5 Å². The molecule has 100 valence electrons. The predicted octanol–water partition coefficient (Wildman–Crippen LogP) is 3.36. The maximum Gasteiger partial charge on any atom is 0.223 e. The molecule has 2 aromatic heterocycles. The zero-order valence-corrected chi connectivity index (χ0v) is 12.6. The van der Waals surface area contributed by atoms with Gasteiger partial charge in [-0.2, -0.15) is 0 Å². The van der Waals surface area contributed by atoms with Crippen molar-refractivity contribution in [1.82, 2.24) is 9.97 Å². The van der Waals surface area contributed by atoms with Gasteiger partial charge in [-0.1, -0.05) is 6.92 Å². The van der Waals surface area contributed by atoms with Crippen molar-refractivity contribution >= 4 is 15.9 Å². The summed E-state index contributed by atoms with van der Waals surface area (Å²) < 4.78 is 6.75.